The summed E-state index contributed by atoms with van der Waals surface area (Å²) < 4.78 is 5.71. The first-order chi connectivity index (χ1) is 12.7. The third kappa shape index (κ3) is 3.69. The van der Waals surface area contributed by atoms with Crippen LogP contribution < -0.4 is 10.1 Å². The number of amides is 1. The van der Waals surface area contributed by atoms with Crippen molar-refractivity contribution in [2.75, 3.05) is 5.32 Å². The fraction of sp³-hybridized carbons (Fsp3) is 0. The number of ether oxygens (including phenoxy) is 1. The quantitative estimate of drug-likeness (QED) is 0.759. The Morgan fingerprint density at radius 1 is 0.808 bits per heavy atom. The first-order valence-corrected chi connectivity index (χ1v) is 7.79. The highest BCUT2D eigenvalue weighted by Gasteiger charge is 2.11. The summed E-state index contributed by atoms with van der Waals surface area (Å²) in [5, 5.41) is 21.2. The number of anilines is 1. The maximum absolute atomic E-state index is 12.1. The van der Waals surface area contributed by atoms with E-state index in [-0.39, 0.29) is 22.8 Å². The Labute approximate surface area is 150 Å². The molecule has 0 saturated carbocycles. The van der Waals surface area contributed by atoms with Gasteiger partial charge in [0.2, 0.25) is 0 Å². The van der Waals surface area contributed by atoms with Gasteiger partial charge in [-0.15, -0.1) is 0 Å². The van der Waals surface area contributed by atoms with E-state index in [1.54, 1.807) is 66.7 Å². The molecule has 124 valence electrons. The Kier molecular flexibility index (Phi) is 4.93. The van der Waals surface area contributed by atoms with Crippen molar-refractivity contribution < 1.29 is 9.53 Å². The third-order valence-corrected chi connectivity index (χ3v) is 3.62. The molecule has 1 N–H and O–H groups in total. The number of nitrogens with one attached hydrogen (secondary N) is 1. The molecule has 3 aromatic rings. The van der Waals surface area contributed by atoms with Gasteiger partial charge in [0.1, 0.15) is 17.9 Å². The van der Waals surface area contributed by atoms with Crippen molar-refractivity contribution >= 4 is 11.6 Å². The molecule has 1 amide bonds. The van der Waals surface area contributed by atoms with Gasteiger partial charge in [-0.2, -0.15) is 10.5 Å². The first kappa shape index (κ1) is 16.8. The Balaban J connectivity index is 1.76. The van der Waals surface area contributed by atoms with Crippen LogP contribution in [0, 0.1) is 22.7 Å². The predicted molar refractivity (Wildman–Crippen MR) is 96.8 cm³/mol. The summed E-state index contributed by atoms with van der Waals surface area (Å²) in [6, 6.07) is 24.4. The number of rotatable bonds is 4. The zero-order valence-corrected chi connectivity index (χ0v) is 13.6. The van der Waals surface area contributed by atoms with E-state index in [0.717, 1.165) is 0 Å². The van der Waals surface area contributed by atoms with E-state index in [1.165, 1.54) is 0 Å². The Morgan fingerprint density at radius 3 is 2.00 bits per heavy atom. The number of nitriles is 2. The fourth-order valence-electron chi connectivity index (χ4n) is 2.34. The van der Waals surface area contributed by atoms with Gasteiger partial charge in [-0.25, -0.2) is 0 Å². The lowest BCUT2D eigenvalue weighted by atomic mass is 10.1. The first-order valence-electron chi connectivity index (χ1n) is 7.79. The second-order valence-electron chi connectivity index (χ2n) is 5.35. The summed E-state index contributed by atoms with van der Waals surface area (Å²) in [4.78, 5) is 12.1. The summed E-state index contributed by atoms with van der Waals surface area (Å²) >= 11 is 0. The van der Waals surface area contributed by atoms with Crippen molar-refractivity contribution in [3.63, 3.8) is 0 Å². The van der Waals surface area contributed by atoms with Crippen molar-refractivity contribution in [2.45, 2.75) is 0 Å². The van der Waals surface area contributed by atoms with Gasteiger partial charge < -0.3 is 10.1 Å². The van der Waals surface area contributed by atoms with Gasteiger partial charge in [-0.1, -0.05) is 24.3 Å². The average molecular weight is 339 g/mol. The summed E-state index contributed by atoms with van der Waals surface area (Å²) in [7, 11) is 0. The minimum atomic E-state index is -0.208. The van der Waals surface area contributed by atoms with Crippen LogP contribution >= 0.6 is 0 Å². The van der Waals surface area contributed by atoms with Crippen LogP contribution in [0.25, 0.3) is 0 Å². The monoisotopic (exact) mass is 339 g/mol. The molecule has 0 aliphatic rings. The van der Waals surface area contributed by atoms with Crippen molar-refractivity contribution in [2.24, 2.45) is 0 Å². The van der Waals surface area contributed by atoms with E-state index in [9.17, 15) is 15.3 Å². The molecule has 0 saturated heterocycles. The van der Waals surface area contributed by atoms with E-state index in [4.69, 9.17) is 4.74 Å². The molecule has 0 radical (unpaired) electrons. The second kappa shape index (κ2) is 7.65. The largest absolute Gasteiger partial charge is 0.455 e. The lowest BCUT2D eigenvalue weighted by molar-refractivity contribution is 0.102. The smallest absolute Gasteiger partial charge is 0.255 e. The number of hydrogen-bond donors (Lipinski definition) is 1. The van der Waals surface area contributed by atoms with Crippen LogP contribution in [0.5, 0.6) is 11.5 Å². The number of carbonyl (C=O) groups excluding carboxylic acids is 1. The molecule has 0 unspecified atom stereocenters. The molecule has 3 rings (SSSR count). The van der Waals surface area contributed by atoms with Crippen molar-refractivity contribution in [3.05, 3.63) is 89.5 Å². The average Bonchev–Trinajstić information content (AvgIpc) is 2.70. The van der Waals surface area contributed by atoms with Gasteiger partial charge in [-0.3, -0.25) is 4.79 Å². The van der Waals surface area contributed by atoms with Crippen LogP contribution in [0.1, 0.15) is 21.5 Å². The zero-order chi connectivity index (χ0) is 18.4. The third-order valence-electron chi connectivity index (χ3n) is 3.62. The maximum atomic E-state index is 12.1. The second-order valence-corrected chi connectivity index (χ2v) is 5.35. The molecule has 0 aliphatic carbocycles. The SMILES string of the molecule is N#Cc1cccc(C#N)c1Oc1ccc(NC(=O)c2ccccc2)cc1. The van der Waals surface area contributed by atoms with Crippen LogP contribution in [0.3, 0.4) is 0 Å². The van der Waals surface area contributed by atoms with Gasteiger partial charge >= 0.3 is 0 Å². The molecule has 0 spiro atoms. The van der Waals surface area contributed by atoms with Crippen LogP contribution in [0.15, 0.2) is 72.8 Å². The van der Waals surface area contributed by atoms with Gasteiger partial charge in [0.25, 0.3) is 5.91 Å². The zero-order valence-electron chi connectivity index (χ0n) is 13.6. The maximum Gasteiger partial charge on any atom is 0.255 e. The van der Waals surface area contributed by atoms with Gasteiger partial charge in [-0.05, 0) is 48.5 Å². The molecule has 0 bridgehead atoms. The van der Waals surface area contributed by atoms with E-state index < -0.39 is 0 Å². The lowest BCUT2D eigenvalue weighted by Gasteiger charge is -2.10. The number of carbonyl (C=O) groups is 1. The van der Waals surface area contributed by atoms with Crippen LogP contribution in [0.4, 0.5) is 5.69 Å². The van der Waals surface area contributed by atoms with Crippen molar-refractivity contribution in [3.8, 4) is 23.6 Å². The highest BCUT2D eigenvalue weighted by Crippen LogP contribution is 2.29. The van der Waals surface area contributed by atoms with Crippen LogP contribution in [0.2, 0.25) is 0 Å². The molecule has 0 aromatic heterocycles. The molecular weight excluding hydrogens is 326 g/mol. The fourth-order valence-corrected chi connectivity index (χ4v) is 2.34. The van der Waals surface area contributed by atoms with Gasteiger partial charge in [0.15, 0.2) is 5.75 Å². The highest BCUT2D eigenvalue weighted by atomic mass is 16.5. The molecule has 26 heavy (non-hydrogen) atoms. The highest BCUT2D eigenvalue weighted by molar-refractivity contribution is 6.04. The molecular formula is C21H13N3O2. The molecule has 0 aliphatic heterocycles. The van der Waals surface area contributed by atoms with E-state index in [1.807, 2.05) is 18.2 Å². The Morgan fingerprint density at radius 2 is 1.42 bits per heavy atom. The van der Waals surface area contributed by atoms with Gasteiger partial charge in [0, 0.05) is 11.3 Å². The minimum absolute atomic E-state index is 0.208. The molecule has 0 heterocycles. The number of hydrogen-bond acceptors (Lipinski definition) is 4. The van der Waals surface area contributed by atoms with Crippen LogP contribution in [-0.2, 0) is 0 Å². The van der Waals surface area contributed by atoms with E-state index in [2.05, 4.69) is 5.32 Å². The number of benzene rings is 3. The minimum Gasteiger partial charge on any atom is -0.455 e. The van der Waals surface area contributed by atoms with Crippen molar-refractivity contribution in [1.29, 1.82) is 10.5 Å². The molecule has 5 nitrogen and oxygen atoms in total. The molecule has 0 atom stereocenters. The summed E-state index contributed by atoms with van der Waals surface area (Å²) in [5.41, 5.74) is 1.74. The topological polar surface area (TPSA) is 85.9 Å². The summed E-state index contributed by atoms with van der Waals surface area (Å²) in [5.74, 6) is 0.473. The normalized spacial score (nSPS) is 9.62. The summed E-state index contributed by atoms with van der Waals surface area (Å²) in [6.45, 7) is 0. The summed E-state index contributed by atoms with van der Waals surface area (Å²) in [6.07, 6.45) is 0. The van der Waals surface area contributed by atoms with Crippen LogP contribution in [-0.4, -0.2) is 5.91 Å². The van der Waals surface area contributed by atoms with Crippen molar-refractivity contribution in [1.82, 2.24) is 0 Å². The standard InChI is InChI=1S/C21H13N3O2/c22-13-16-7-4-8-17(14-23)20(16)26-19-11-9-18(10-12-19)24-21(25)15-5-2-1-3-6-15/h1-12H,(H,24,25). The predicted octanol–water partition coefficient (Wildman–Crippen LogP) is 4.47. The Bertz CT molecular complexity index is 982. The van der Waals surface area contributed by atoms with E-state index >= 15 is 0 Å². The molecule has 5 heteroatoms. The molecule has 0 fully saturated rings. The molecule has 3 aromatic carbocycles. The van der Waals surface area contributed by atoms with Gasteiger partial charge in [0.05, 0.1) is 11.1 Å². The number of nitrogens with zero attached hydrogens (tertiary/aromatic N) is 2. The van der Waals surface area contributed by atoms with E-state index in [0.29, 0.717) is 17.0 Å². The number of para-hydroxylation sites is 1. The lowest BCUT2D eigenvalue weighted by Crippen LogP contribution is -2.11. The Hall–Kier alpha value is -4.09.